The Morgan fingerprint density at radius 1 is 1.20 bits per heavy atom. The molecule has 0 aliphatic heterocycles. The van der Waals surface area contributed by atoms with Gasteiger partial charge in [0.1, 0.15) is 11.6 Å². The van der Waals surface area contributed by atoms with Crippen molar-refractivity contribution in [2.75, 3.05) is 0 Å². The lowest BCUT2D eigenvalue weighted by atomic mass is 10.3. The van der Waals surface area contributed by atoms with Gasteiger partial charge in [0.25, 0.3) is 0 Å². The van der Waals surface area contributed by atoms with E-state index < -0.39 is 5.82 Å². The van der Waals surface area contributed by atoms with Gasteiger partial charge in [-0.25, -0.2) is 4.39 Å². The quantitative estimate of drug-likeness (QED) is 0.517. The molecule has 1 aromatic rings. The summed E-state index contributed by atoms with van der Waals surface area (Å²) in [4.78, 5) is 0.509. The van der Waals surface area contributed by atoms with Crippen molar-refractivity contribution >= 4 is 25.3 Å². The fourth-order valence-electron chi connectivity index (χ4n) is 0.540. The molecule has 0 aliphatic rings. The highest BCUT2D eigenvalue weighted by molar-refractivity contribution is 7.81. The van der Waals surface area contributed by atoms with Crippen LogP contribution >= 0.6 is 25.3 Å². The largest absolute Gasteiger partial charge is 0.507 e. The monoisotopic (exact) mass is 176 g/mol. The van der Waals surface area contributed by atoms with Crippen molar-refractivity contribution in [2.24, 2.45) is 0 Å². The zero-order valence-electron chi connectivity index (χ0n) is 4.87. The maximum Gasteiger partial charge on any atom is 0.140 e. The first-order chi connectivity index (χ1) is 4.61. The highest BCUT2D eigenvalue weighted by Crippen LogP contribution is 2.26. The molecule has 0 spiro atoms. The van der Waals surface area contributed by atoms with Crippen molar-refractivity contribution in [3.8, 4) is 5.75 Å². The number of hydrogen-bond acceptors (Lipinski definition) is 3. The van der Waals surface area contributed by atoms with Gasteiger partial charge < -0.3 is 5.11 Å². The first-order valence-electron chi connectivity index (χ1n) is 2.51. The minimum atomic E-state index is -0.543. The van der Waals surface area contributed by atoms with Crippen molar-refractivity contribution in [1.82, 2.24) is 0 Å². The zero-order valence-corrected chi connectivity index (χ0v) is 6.66. The second-order valence-electron chi connectivity index (χ2n) is 1.79. The maximum absolute atomic E-state index is 12.5. The van der Waals surface area contributed by atoms with Crippen LogP contribution in [0.5, 0.6) is 5.75 Å². The molecule has 0 aliphatic carbocycles. The van der Waals surface area contributed by atoms with E-state index >= 15 is 0 Å². The minimum Gasteiger partial charge on any atom is -0.507 e. The highest BCUT2D eigenvalue weighted by atomic mass is 32.1. The van der Waals surface area contributed by atoms with E-state index in [9.17, 15) is 4.39 Å². The number of rotatable bonds is 0. The molecule has 0 bridgehead atoms. The fraction of sp³-hybridized carbons (Fsp3) is 0. The molecule has 0 saturated carbocycles. The van der Waals surface area contributed by atoms with E-state index in [4.69, 9.17) is 5.11 Å². The van der Waals surface area contributed by atoms with Crippen LogP contribution in [0.2, 0.25) is 0 Å². The predicted molar refractivity (Wildman–Crippen MR) is 42.6 cm³/mol. The molecule has 0 heterocycles. The summed E-state index contributed by atoms with van der Waals surface area (Å²) in [5.41, 5.74) is 0. The van der Waals surface area contributed by atoms with Gasteiger partial charge in [0.15, 0.2) is 0 Å². The molecule has 4 heteroatoms. The third-order valence-corrected chi connectivity index (χ3v) is 1.74. The van der Waals surface area contributed by atoms with Gasteiger partial charge in [0.05, 0.1) is 0 Å². The molecule has 1 nitrogen and oxygen atoms in total. The lowest BCUT2D eigenvalue weighted by Crippen LogP contribution is -1.78. The van der Waals surface area contributed by atoms with Crippen molar-refractivity contribution in [3.63, 3.8) is 0 Å². The number of aromatic hydroxyl groups is 1. The average molecular weight is 176 g/mol. The van der Waals surface area contributed by atoms with E-state index in [2.05, 4.69) is 25.3 Å². The van der Waals surface area contributed by atoms with Gasteiger partial charge >= 0.3 is 0 Å². The van der Waals surface area contributed by atoms with Crippen molar-refractivity contribution in [1.29, 1.82) is 0 Å². The molecule has 0 unspecified atom stereocenters. The van der Waals surface area contributed by atoms with Crippen LogP contribution < -0.4 is 0 Å². The van der Waals surface area contributed by atoms with E-state index in [-0.39, 0.29) is 10.6 Å². The number of thiol groups is 2. The Hall–Kier alpha value is -0.350. The molecule has 1 N–H and O–H groups in total. The van der Waals surface area contributed by atoms with Gasteiger partial charge in [-0.1, -0.05) is 0 Å². The first-order valence-corrected chi connectivity index (χ1v) is 3.41. The summed E-state index contributed by atoms with van der Waals surface area (Å²) in [6, 6.07) is 2.32. The second kappa shape index (κ2) is 2.72. The Morgan fingerprint density at radius 3 is 2.30 bits per heavy atom. The SMILES string of the molecule is Oc1cc(F)c(S)cc1S. The Labute approximate surface area is 68.7 Å². The van der Waals surface area contributed by atoms with Crippen LogP contribution in [-0.4, -0.2) is 5.11 Å². The molecule has 1 aromatic carbocycles. The van der Waals surface area contributed by atoms with Crippen molar-refractivity contribution < 1.29 is 9.50 Å². The van der Waals surface area contributed by atoms with Crippen molar-refractivity contribution in [2.45, 2.75) is 9.79 Å². The molecule has 0 fully saturated rings. The van der Waals surface area contributed by atoms with Crippen LogP contribution in [0.3, 0.4) is 0 Å². The molecular weight excluding hydrogens is 171 g/mol. The number of halogens is 1. The van der Waals surface area contributed by atoms with Crippen LogP contribution in [0.1, 0.15) is 0 Å². The van der Waals surface area contributed by atoms with E-state index in [0.717, 1.165) is 6.07 Å². The third-order valence-electron chi connectivity index (χ3n) is 1.04. The lowest BCUT2D eigenvalue weighted by Gasteiger charge is -1.98. The molecule has 0 aromatic heterocycles. The predicted octanol–water partition coefficient (Wildman–Crippen LogP) is 2.11. The summed E-state index contributed by atoms with van der Waals surface area (Å²) in [5, 5.41) is 8.87. The summed E-state index contributed by atoms with van der Waals surface area (Å²) < 4.78 is 12.5. The van der Waals surface area contributed by atoms with Crippen LogP contribution in [-0.2, 0) is 0 Å². The number of benzene rings is 1. The Kier molecular flexibility index (Phi) is 2.11. The standard InChI is InChI=1S/C6H5FOS2/c7-3-1-4(8)6(10)2-5(3)9/h1-2,8-10H. The topological polar surface area (TPSA) is 20.2 Å². The number of phenols is 1. The van der Waals surface area contributed by atoms with E-state index in [0.29, 0.717) is 4.90 Å². The van der Waals surface area contributed by atoms with Gasteiger partial charge in [0.2, 0.25) is 0 Å². The summed E-state index contributed by atoms with van der Waals surface area (Å²) in [6.45, 7) is 0. The zero-order chi connectivity index (χ0) is 7.72. The smallest absolute Gasteiger partial charge is 0.140 e. The molecule has 10 heavy (non-hydrogen) atoms. The molecule has 1 rings (SSSR count). The van der Waals surface area contributed by atoms with Gasteiger partial charge in [-0.15, -0.1) is 25.3 Å². The van der Waals surface area contributed by atoms with Crippen LogP contribution in [0.15, 0.2) is 21.9 Å². The highest BCUT2D eigenvalue weighted by Gasteiger charge is 2.02. The summed E-state index contributed by atoms with van der Waals surface area (Å²) in [5.74, 6) is -0.711. The Bertz CT molecular complexity index is 212. The van der Waals surface area contributed by atoms with Gasteiger partial charge in [-0.2, -0.15) is 0 Å². The molecule has 0 atom stereocenters. The molecule has 0 saturated heterocycles. The Balaban J connectivity index is 3.28. The fourth-order valence-corrected chi connectivity index (χ4v) is 1.03. The maximum atomic E-state index is 12.5. The lowest BCUT2D eigenvalue weighted by molar-refractivity contribution is 0.453. The first kappa shape index (κ1) is 7.75. The summed E-state index contributed by atoms with van der Waals surface area (Å²) >= 11 is 7.63. The molecular formula is C6H5FOS2. The van der Waals surface area contributed by atoms with Crippen LogP contribution in [0.4, 0.5) is 4.39 Å². The summed E-state index contributed by atoms with van der Waals surface area (Å²) in [6.07, 6.45) is 0. The number of phenolic OH excluding ortho intramolecular Hbond substituents is 1. The normalized spacial score (nSPS) is 9.90. The second-order valence-corrected chi connectivity index (χ2v) is 2.76. The molecule has 0 amide bonds. The minimum absolute atomic E-state index is 0.168. The average Bonchev–Trinajstić information content (AvgIpc) is 1.84. The van der Waals surface area contributed by atoms with Crippen LogP contribution in [0.25, 0.3) is 0 Å². The van der Waals surface area contributed by atoms with E-state index in [1.54, 1.807) is 0 Å². The molecule has 54 valence electrons. The van der Waals surface area contributed by atoms with Crippen molar-refractivity contribution in [3.05, 3.63) is 17.9 Å². The van der Waals surface area contributed by atoms with E-state index in [1.165, 1.54) is 6.07 Å². The third kappa shape index (κ3) is 1.38. The summed E-state index contributed by atoms with van der Waals surface area (Å²) in [7, 11) is 0. The van der Waals surface area contributed by atoms with Crippen LogP contribution in [0, 0.1) is 5.82 Å². The number of hydrogen-bond donors (Lipinski definition) is 3. The van der Waals surface area contributed by atoms with Gasteiger partial charge in [0, 0.05) is 15.9 Å². The van der Waals surface area contributed by atoms with E-state index in [1.807, 2.05) is 0 Å². The Morgan fingerprint density at radius 2 is 1.80 bits per heavy atom. The van der Waals surface area contributed by atoms with Gasteiger partial charge in [-0.3, -0.25) is 0 Å². The molecule has 0 radical (unpaired) electrons. The van der Waals surface area contributed by atoms with Gasteiger partial charge in [-0.05, 0) is 6.07 Å².